The Bertz CT molecular complexity index is 317. The van der Waals surface area contributed by atoms with E-state index in [9.17, 15) is 0 Å². The Kier molecular flexibility index (Phi) is 7.93. The number of nitrogens with zero attached hydrogens (tertiary/aromatic N) is 1. The van der Waals surface area contributed by atoms with E-state index in [1.165, 1.54) is 5.56 Å². The summed E-state index contributed by atoms with van der Waals surface area (Å²) < 4.78 is 0. The fraction of sp³-hybridized carbons (Fsp3) is 0.500. The molecule has 0 aliphatic heterocycles. The monoisotopic (exact) mass is 281 g/mol. The zero-order valence-electron chi connectivity index (χ0n) is 10.5. The molecule has 0 unspecified atom stereocenters. The Hall–Kier alpha value is -0.810. The van der Waals surface area contributed by atoms with Crippen molar-refractivity contribution in [2.75, 3.05) is 0 Å². The van der Waals surface area contributed by atoms with Crippen LogP contribution in [0.3, 0.4) is 0 Å². The number of rotatable bonds is 2. The first-order chi connectivity index (χ1) is 7.47. The maximum absolute atomic E-state index is 8.45. The van der Waals surface area contributed by atoms with Crippen LogP contribution in [0, 0.1) is 11.3 Å². The summed E-state index contributed by atoms with van der Waals surface area (Å²) in [6.45, 7) is 8.50. The zero-order chi connectivity index (χ0) is 12.6. The minimum Gasteiger partial charge on any atom is -0.198 e. The van der Waals surface area contributed by atoms with Gasteiger partial charge in [-0.1, -0.05) is 67.9 Å². The molecule has 0 saturated heterocycles. The van der Waals surface area contributed by atoms with E-state index < -0.39 is 0 Å². The highest BCUT2D eigenvalue weighted by atomic mass is 79.9. The van der Waals surface area contributed by atoms with Crippen molar-refractivity contribution in [1.82, 2.24) is 0 Å². The van der Waals surface area contributed by atoms with Crippen LogP contribution >= 0.6 is 15.9 Å². The Morgan fingerprint density at radius 1 is 1.12 bits per heavy atom. The molecule has 1 rings (SSSR count). The summed E-state index contributed by atoms with van der Waals surface area (Å²) in [7, 11) is 0. The lowest BCUT2D eigenvalue weighted by atomic mass is 10.0. The van der Waals surface area contributed by atoms with Crippen LogP contribution in [0.5, 0.6) is 0 Å². The molecule has 0 fully saturated rings. The Labute approximate surface area is 108 Å². The molecule has 16 heavy (non-hydrogen) atoms. The molecule has 1 aromatic carbocycles. The lowest BCUT2D eigenvalue weighted by Gasteiger charge is -2.04. The largest absolute Gasteiger partial charge is 0.198 e. The van der Waals surface area contributed by atoms with E-state index in [0.717, 1.165) is 5.56 Å². The fourth-order valence-corrected chi connectivity index (χ4v) is 1.11. The van der Waals surface area contributed by atoms with Gasteiger partial charge < -0.3 is 0 Å². The Balaban J connectivity index is 0.000000487. The zero-order valence-corrected chi connectivity index (χ0v) is 12.1. The van der Waals surface area contributed by atoms with Gasteiger partial charge in [-0.25, -0.2) is 0 Å². The van der Waals surface area contributed by atoms with Crippen LogP contribution in [-0.2, 0) is 6.42 Å². The highest BCUT2D eigenvalue weighted by Crippen LogP contribution is 2.14. The first-order valence-corrected chi connectivity index (χ1v) is 6.48. The Morgan fingerprint density at radius 2 is 1.56 bits per heavy atom. The van der Waals surface area contributed by atoms with Crippen LogP contribution in [0.4, 0.5) is 0 Å². The van der Waals surface area contributed by atoms with Crippen molar-refractivity contribution in [1.29, 1.82) is 5.26 Å². The fourth-order valence-electron chi connectivity index (χ4n) is 1.11. The number of benzene rings is 1. The summed E-state index contributed by atoms with van der Waals surface area (Å²) in [6, 6.07) is 10.4. The Morgan fingerprint density at radius 3 is 1.88 bits per heavy atom. The molecular formula is C14H20BrN. The third kappa shape index (κ3) is 7.48. The second-order valence-electron chi connectivity index (χ2n) is 4.24. The summed E-state index contributed by atoms with van der Waals surface area (Å²) in [5, 5.41) is 8.45. The molecular weight excluding hydrogens is 262 g/mol. The molecule has 1 nitrogen and oxygen atoms in total. The van der Waals surface area contributed by atoms with E-state index >= 15 is 0 Å². The van der Waals surface area contributed by atoms with Crippen LogP contribution in [-0.4, -0.2) is 4.83 Å². The van der Waals surface area contributed by atoms with E-state index in [1.54, 1.807) is 0 Å². The molecule has 0 aliphatic rings. The maximum Gasteiger partial charge on any atom is 0.0669 e. The van der Waals surface area contributed by atoms with Crippen LogP contribution in [0.1, 0.15) is 44.7 Å². The molecule has 0 aliphatic carbocycles. The van der Waals surface area contributed by atoms with Crippen molar-refractivity contribution in [3.8, 4) is 6.07 Å². The van der Waals surface area contributed by atoms with Crippen molar-refractivity contribution < 1.29 is 0 Å². The molecule has 0 spiro atoms. The normalized spacial score (nSPS) is 9.62. The molecule has 88 valence electrons. The molecule has 0 heterocycles. The molecule has 0 N–H and O–H groups in total. The molecule has 1 aromatic rings. The van der Waals surface area contributed by atoms with Crippen molar-refractivity contribution in [3.05, 3.63) is 35.4 Å². The van der Waals surface area contributed by atoms with E-state index in [2.05, 4.69) is 61.8 Å². The van der Waals surface area contributed by atoms with Crippen LogP contribution < -0.4 is 0 Å². The van der Waals surface area contributed by atoms with Gasteiger partial charge in [0.15, 0.2) is 0 Å². The van der Waals surface area contributed by atoms with Gasteiger partial charge in [-0.15, -0.1) is 0 Å². The van der Waals surface area contributed by atoms with Gasteiger partial charge in [-0.2, -0.15) is 5.26 Å². The summed E-state index contributed by atoms with van der Waals surface area (Å²) in [4.78, 5) is 0.646. The second-order valence-corrected chi connectivity index (χ2v) is 6.08. The standard InChI is InChI=1S/C11H13N.C3H7Br/c1-9(2)11-5-3-10(4-6-11)7-8-12;1-3(2)4/h3-6,9H,7H2,1-2H3;3H,1-2H3. The molecule has 0 aromatic heterocycles. The van der Waals surface area contributed by atoms with Gasteiger partial charge in [-0.05, 0) is 17.0 Å². The van der Waals surface area contributed by atoms with E-state index in [-0.39, 0.29) is 0 Å². The lowest BCUT2D eigenvalue weighted by molar-refractivity contribution is 0.865. The second kappa shape index (κ2) is 8.35. The summed E-state index contributed by atoms with van der Waals surface area (Å²) >= 11 is 3.27. The summed E-state index contributed by atoms with van der Waals surface area (Å²) in [5.74, 6) is 0.570. The molecule has 0 amide bonds. The maximum atomic E-state index is 8.45. The highest BCUT2D eigenvalue weighted by Gasteiger charge is 1.97. The average Bonchev–Trinajstić information content (AvgIpc) is 2.18. The minimum atomic E-state index is 0.512. The highest BCUT2D eigenvalue weighted by molar-refractivity contribution is 9.09. The van der Waals surface area contributed by atoms with Gasteiger partial charge in [0.05, 0.1) is 12.5 Å². The quantitative estimate of drug-likeness (QED) is 0.723. The summed E-state index contributed by atoms with van der Waals surface area (Å²) in [5.41, 5.74) is 2.43. The molecule has 0 saturated carbocycles. The van der Waals surface area contributed by atoms with Gasteiger partial charge in [0.25, 0.3) is 0 Å². The number of hydrogen-bond donors (Lipinski definition) is 0. The number of alkyl halides is 1. The predicted molar refractivity (Wildman–Crippen MR) is 73.9 cm³/mol. The lowest BCUT2D eigenvalue weighted by Crippen LogP contribution is -1.87. The molecule has 0 atom stereocenters. The third-order valence-corrected chi connectivity index (χ3v) is 1.93. The topological polar surface area (TPSA) is 23.8 Å². The van der Waals surface area contributed by atoms with Gasteiger partial charge >= 0.3 is 0 Å². The molecule has 0 radical (unpaired) electrons. The third-order valence-electron chi connectivity index (χ3n) is 1.93. The number of hydrogen-bond acceptors (Lipinski definition) is 1. The van der Waals surface area contributed by atoms with Gasteiger partial charge in [0.1, 0.15) is 0 Å². The smallest absolute Gasteiger partial charge is 0.0669 e. The average molecular weight is 282 g/mol. The van der Waals surface area contributed by atoms with Crippen LogP contribution in [0.2, 0.25) is 0 Å². The van der Waals surface area contributed by atoms with Crippen molar-refractivity contribution in [3.63, 3.8) is 0 Å². The predicted octanol–water partition coefficient (Wildman–Crippen LogP) is 4.67. The van der Waals surface area contributed by atoms with E-state index in [1.807, 2.05) is 12.1 Å². The van der Waals surface area contributed by atoms with Gasteiger partial charge in [-0.3, -0.25) is 0 Å². The van der Waals surface area contributed by atoms with Crippen LogP contribution in [0.15, 0.2) is 24.3 Å². The van der Waals surface area contributed by atoms with Gasteiger partial charge in [0, 0.05) is 4.83 Å². The molecule has 0 bridgehead atoms. The van der Waals surface area contributed by atoms with Gasteiger partial charge in [0.2, 0.25) is 0 Å². The minimum absolute atomic E-state index is 0.512. The van der Waals surface area contributed by atoms with Crippen molar-refractivity contribution >= 4 is 15.9 Å². The number of nitriles is 1. The summed E-state index contributed by atoms with van der Waals surface area (Å²) in [6.07, 6.45) is 0.512. The van der Waals surface area contributed by atoms with Crippen molar-refractivity contribution in [2.24, 2.45) is 0 Å². The SMILES string of the molecule is CC(C)Br.CC(C)c1ccc(CC#N)cc1. The first kappa shape index (κ1) is 15.2. The van der Waals surface area contributed by atoms with E-state index in [0.29, 0.717) is 17.2 Å². The van der Waals surface area contributed by atoms with Crippen LogP contribution in [0.25, 0.3) is 0 Å². The first-order valence-electron chi connectivity index (χ1n) is 5.57. The van der Waals surface area contributed by atoms with Crippen molar-refractivity contribution in [2.45, 2.75) is 44.9 Å². The number of halogens is 1. The van der Waals surface area contributed by atoms with E-state index in [4.69, 9.17) is 5.26 Å². The molecule has 2 heteroatoms.